The zero-order chi connectivity index (χ0) is 10.2. The van der Waals surface area contributed by atoms with E-state index in [0.717, 1.165) is 17.9 Å². The van der Waals surface area contributed by atoms with Gasteiger partial charge in [-0.1, -0.05) is 32.0 Å². The molecule has 3 N–H and O–H groups in total. The molecular weight excluding hydrogens is 174 g/mol. The minimum atomic E-state index is 0.111. The second-order valence-electron chi connectivity index (χ2n) is 4.28. The van der Waals surface area contributed by atoms with Crippen molar-refractivity contribution < 1.29 is 0 Å². The third kappa shape index (κ3) is 1.40. The average Bonchev–Trinajstić information content (AvgIpc) is 2.17. The molecule has 0 atom stereocenters. The average molecular weight is 189 g/mol. The van der Waals surface area contributed by atoms with Gasteiger partial charge in [-0.2, -0.15) is 0 Å². The predicted octanol–water partition coefficient (Wildman–Crippen LogP) is 1.86. The summed E-state index contributed by atoms with van der Waals surface area (Å²) in [7, 11) is 0. The van der Waals surface area contributed by atoms with Crippen molar-refractivity contribution >= 4 is 11.5 Å². The van der Waals surface area contributed by atoms with Crippen molar-refractivity contribution in [1.82, 2.24) is 5.43 Å². The van der Waals surface area contributed by atoms with Crippen LogP contribution in [-0.4, -0.2) is 5.84 Å². The monoisotopic (exact) mass is 189 g/mol. The number of nitrogens with zero attached hydrogens (tertiary/aromatic N) is 1. The highest BCUT2D eigenvalue weighted by atomic mass is 15.3. The molecule has 3 heteroatoms. The Morgan fingerprint density at radius 1 is 1.36 bits per heavy atom. The summed E-state index contributed by atoms with van der Waals surface area (Å²) in [5, 5.41) is 0. The van der Waals surface area contributed by atoms with Gasteiger partial charge in [0.15, 0.2) is 0 Å². The smallest absolute Gasteiger partial charge is 0.117 e. The number of nitrogens with one attached hydrogen (secondary N) is 1. The molecule has 0 saturated heterocycles. The fraction of sp³-hybridized carbons (Fsp3) is 0.364. The second kappa shape index (κ2) is 3.10. The first-order chi connectivity index (χ1) is 6.63. The van der Waals surface area contributed by atoms with E-state index in [4.69, 9.17) is 5.84 Å². The highest BCUT2D eigenvalue weighted by Crippen LogP contribution is 2.37. The first kappa shape index (κ1) is 9.21. The molecule has 0 unspecified atom stereocenters. The Morgan fingerprint density at radius 3 is 2.79 bits per heavy atom. The van der Waals surface area contributed by atoms with Crippen molar-refractivity contribution in [2.75, 3.05) is 0 Å². The molecule has 0 radical (unpaired) electrons. The maximum atomic E-state index is 5.40. The topological polar surface area (TPSA) is 50.4 Å². The van der Waals surface area contributed by atoms with Crippen LogP contribution >= 0.6 is 0 Å². The standard InChI is InChI=1S/C11H15N3/c1-11(2)7-10(14-12)13-9-6-4-3-5-8(9)11/h3-6H,7,12H2,1-2H3,(H,13,14). The number of para-hydroxylation sites is 1. The molecule has 1 aliphatic rings. The Balaban J connectivity index is 2.55. The minimum Gasteiger partial charge on any atom is -0.312 e. The first-order valence-corrected chi connectivity index (χ1v) is 4.77. The van der Waals surface area contributed by atoms with Gasteiger partial charge in [0.05, 0.1) is 5.69 Å². The van der Waals surface area contributed by atoms with E-state index in [1.807, 2.05) is 12.1 Å². The lowest BCUT2D eigenvalue weighted by Crippen LogP contribution is -2.37. The summed E-state index contributed by atoms with van der Waals surface area (Å²) in [5.41, 5.74) is 5.08. The number of hydrogen-bond acceptors (Lipinski definition) is 3. The Bertz CT molecular complexity index is 380. The molecule has 3 nitrogen and oxygen atoms in total. The van der Waals surface area contributed by atoms with Gasteiger partial charge in [0.2, 0.25) is 0 Å². The van der Waals surface area contributed by atoms with Crippen molar-refractivity contribution in [2.45, 2.75) is 25.7 Å². The summed E-state index contributed by atoms with van der Waals surface area (Å²) in [4.78, 5) is 4.44. The van der Waals surface area contributed by atoms with Gasteiger partial charge >= 0.3 is 0 Å². The lowest BCUT2D eigenvalue weighted by atomic mass is 9.78. The summed E-state index contributed by atoms with van der Waals surface area (Å²) < 4.78 is 0. The Morgan fingerprint density at radius 2 is 2.07 bits per heavy atom. The number of hydrogen-bond donors (Lipinski definition) is 2. The molecule has 0 aromatic heterocycles. The van der Waals surface area contributed by atoms with Crippen LogP contribution in [0.15, 0.2) is 29.3 Å². The van der Waals surface area contributed by atoms with Gasteiger partial charge in [0, 0.05) is 6.42 Å². The van der Waals surface area contributed by atoms with Gasteiger partial charge in [-0.25, -0.2) is 10.8 Å². The molecule has 0 spiro atoms. The summed E-state index contributed by atoms with van der Waals surface area (Å²) in [6.45, 7) is 4.41. The van der Waals surface area contributed by atoms with Crippen molar-refractivity contribution in [3.8, 4) is 0 Å². The predicted molar refractivity (Wildman–Crippen MR) is 58.5 cm³/mol. The molecule has 14 heavy (non-hydrogen) atoms. The molecule has 1 aliphatic heterocycles. The van der Waals surface area contributed by atoms with Gasteiger partial charge in [-0.05, 0) is 17.0 Å². The number of rotatable bonds is 0. The van der Waals surface area contributed by atoms with Crippen molar-refractivity contribution in [2.24, 2.45) is 10.8 Å². The van der Waals surface area contributed by atoms with Crippen molar-refractivity contribution in [3.05, 3.63) is 29.8 Å². The van der Waals surface area contributed by atoms with Crippen LogP contribution in [0.2, 0.25) is 0 Å². The SMILES string of the molecule is CC1(C)CC(NN)=Nc2ccccc21. The van der Waals surface area contributed by atoms with E-state index in [0.29, 0.717) is 0 Å². The van der Waals surface area contributed by atoms with Crippen LogP contribution in [0.4, 0.5) is 5.69 Å². The first-order valence-electron chi connectivity index (χ1n) is 4.77. The maximum absolute atomic E-state index is 5.40. The van der Waals surface area contributed by atoms with Gasteiger partial charge in [-0.15, -0.1) is 0 Å². The van der Waals surface area contributed by atoms with Gasteiger partial charge < -0.3 is 5.43 Å². The number of amidine groups is 1. The molecule has 1 heterocycles. The fourth-order valence-corrected chi connectivity index (χ4v) is 1.93. The second-order valence-corrected chi connectivity index (χ2v) is 4.28. The van der Waals surface area contributed by atoms with E-state index in [-0.39, 0.29) is 5.41 Å². The molecule has 0 fully saturated rings. The molecule has 0 saturated carbocycles. The van der Waals surface area contributed by atoms with Gasteiger partial charge in [-0.3, -0.25) is 0 Å². The third-order valence-electron chi connectivity index (χ3n) is 2.66. The van der Waals surface area contributed by atoms with E-state index in [9.17, 15) is 0 Å². The van der Waals surface area contributed by atoms with Crippen LogP contribution in [0.25, 0.3) is 0 Å². The van der Waals surface area contributed by atoms with E-state index in [1.165, 1.54) is 5.56 Å². The van der Waals surface area contributed by atoms with Crippen LogP contribution in [0, 0.1) is 0 Å². The number of hydrazine groups is 1. The zero-order valence-corrected chi connectivity index (χ0v) is 8.54. The Kier molecular flexibility index (Phi) is 2.04. The Labute approximate surface area is 84.0 Å². The summed E-state index contributed by atoms with van der Waals surface area (Å²) in [5.74, 6) is 6.26. The molecule has 0 bridgehead atoms. The molecule has 2 rings (SSSR count). The van der Waals surface area contributed by atoms with Crippen molar-refractivity contribution in [3.63, 3.8) is 0 Å². The maximum Gasteiger partial charge on any atom is 0.117 e. The summed E-state index contributed by atoms with van der Waals surface area (Å²) in [6, 6.07) is 8.20. The Hall–Kier alpha value is -1.35. The summed E-state index contributed by atoms with van der Waals surface area (Å²) in [6.07, 6.45) is 0.862. The zero-order valence-electron chi connectivity index (χ0n) is 8.54. The van der Waals surface area contributed by atoms with E-state index in [2.05, 4.69) is 36.4 Å². The lowest BCUT2D eigenvalue weighted by Gasteiger charge is -2.30. The molecule has 1 aromatic carbocycles. The van der Waals surface area contributed by atoms with Crippen LogP contribution in [-0.2, 0) is 5.41 Å². The molecule has 74 valence electrons. The number of nitrogens with two attached hydrogens (primary N) is 1. The normalized spacial score (nSPS) is 18.4. The quantitative estimate of drug-likeness (QED) is 0.483. The molecule has 0 amide bonds. The highest BCUT2D eigenvalue weighted by Gasteiger charge is 2.28. The molecular formula is C11H15N3. The number of fused-ring (bicyclic) bond motifs is 1. The van der Waals surface area contributed by atoms with Crippen LogP contribution < -0.4 is 11.3 Å². The largest absolute Gasteiger partial charge is 0.312 e. The fourth-order valence-electron chi connectivity index (χ4n) is 1.93. The van der Waals surface area contributed by atoms with Crippen LogP contribution in [0.5, 0.6) is 0 Å². The van der Waals surface area contributed by atoms with Gasteiger partial charge in [0.1, 0.15) is 5.84 Å². The van der Waals surface area contributed by atoms with E-state index in [1.54, 1.807) is 0 Å². The van der Waals surface area contributed by atoms with Crippen LogP contribution in [0.1, 0.15) is 25.8 Å². The lowest BCUT2D eigenvalue weighted by molar-refractivity contribution is 0.535. The van der Waals surface area contributed by atoms with Crippen LogP contribution in [0.3, 0.4) is 0 Å². The van der Waals surface area contributed by atoms with Gasteiger partial charge in [0.25, 0.3) is 0 Å². The summed E-state index contributed by atoms with van der Waals surface area (Å²) >= 11 is 0. The molecule has 0 aliphatic carbocycles. The third-order valence-corrected chi connectivity index (χ3v) is 2.66. The van der Waals surface area contributed by atoms with E-state index >= 15 is 0 Å². The number of benzene rings is 1. The van der Waals surface area contributed by atoms with Crippen molar-refractivity contribution in [1.29, 1.82) is 0 Å². The molecule has 1 aromatic rings. The number of aliphatic imine (C=N–C) groups is 1. The minimum absolute atomic E-state index is 0.111. The van der Waals surface area contributed by atoms with E-state index < -0.39 is 0 Å². The highest BCUT2D eigenvalue weighted by molar-refractivity contribution is 5.88.